The van der Waals surface area contributed by atoms with Gasteiger partial charge in [-0.2, -0.15) is 0 Å². The first-order valence-electron chi connectivity index (χ1n) is 4.44. The van der Waals surface area contributed by atoms with Gasteiger partial charge in [0.15, 0.2) is 0 Å². The third-order valence-electron chi connectivity index (χ3n) is 2.42. The summed E-state index contributed by atoms with van der Waals surface area (Å²) in [5.41, 5.74) is 0.660. The van der Waals surface area contributed by atoms with Crippen molar-refractivity contribution in [2.45, 2.75) is 18.6 Å². The number of hydrogen-bond donors (Lipinski definition) is 2. The number of halogens is 1. The molecule has 2 N–H and O–H groups in total. The molecule has 0 aromatic heterocycles. The minimum Gasteiger partial charge on any atom is -0.508 e. The second-order valence-corrected chi connectivity index (χ2v) is 3.30. The first-order valence-corrected chi connectivity index (χ1v) is 4.44. The summed E-state index contributed by atoms with van der Waals surface area (Å²) in [4.78, 5) is 0. The summed E-state index contributed by atoms with van der Waals surface area (Å²) < 4.78 is 13.3. The van der Waals surface area contributed by atoms with Crippen LogP contribution >= 0.6 is 0 Å². The van der Waals surface area contributed by atoms with Crippen molar-refractivity contribution < 1.29 is 9.50 Å². The zero-order valence-corrected chi connectivity index (χ0v) is 7.20. The molecule has 1 aromatic rings. The first-order chi connectivity index (χ1) is 6.29. The highest BCUT2D eigenvalue weighted by Crippen LogP contribution is 2.31. The van der Waals surface area contributed by atoms with Crippen LogP contribution in [0.5, 0.6) is 5.75 Å². The predicted molar refractivity (Wildman–Crippen MR) is 48.4 cm³/mol. The van der Waals surface area contributed by atoms with Crippen LogP contribution in [0.25, 0.3) is 0 Å². The topological polar surface area (TPSA) is 32.3 Å². The van der Waals surface area contributed by atoms with Gasteiger partial charge in [-0.05, 0) is 19.0 Å². The number of phenolic OH excluding ortho intramolecular Hbond substituents is 1. The number of nitrogens with one attached hydrogen (secondary N) is 1. The molecule has 2 rings (SSSR count). The van der Waals surface area contributed by atoms with Crippen molar-refractivity contribution in [2.24, 2.45) is 0 Å². The van der Waals surface area contributed by atoms with Gasteiger partial charge in [0.2, 0.25) is 0 Å². The van der Waals surface area contributed by atoms with Gasteiger partial charge in [-0.25, -0.2) is 4.39 Å². The lowest BCUT2D eigenvalue weighted by molar-refractivity contribution is 0.299. The summed E-state index contributed by atoms with van der Waals surface area (Å²) in [7, 11) is 0. The average molecular weight is 181 g/mol. The molecule has 1 heterocycles. The molecule has 0 aliphatic carbocycles. The second-order valence-electron chi connectivity index (χ2n) is 3.30. The van der Waals surface area contributed by atoms with Gasteiger partial charge in [-0.3, -0.25) is 0 Å². The van der Waals surface area contributed by atoms with Crippen molar-refractivity contribution >= 4 is 0 Å². The van der Waals surface area contributed by atoms with E-state index in [1.165, 1.54) is 0 Å². The second kappa shape index (κ2) is 3.34. The molecule has 1 saturated heterocycles. The van der Waals surface area contributed by atoms with Crippen LogP contribution in [0.2, 0.25) is 0 Å². The zero-order chi connectivity index (χ0) is 9.26. The fourth-order valence-electron chi connectivity index (χ4n) is 1.73. The van der Waals surface area contributed by atoms with E-state index in [-0.39, 0.29) is 11.8 Å². The van der Waals surface area contributed by atoms with Gasteiger partial charge in [0, 0.05) is 5.56 Å². The standard InChI is InChI=1S/C10H12FNO/c11-8-5-6-12-10(8)7-3-1-2-4-9(7)13/h1-4,8,10,12-13H,5-6H2. The van der Waals surface area contributed by atoms with Crippen LogP contribution in [-0.2, 0) is 0 Å². The number of para-hydroxylation sites is 1. The van der Waals surface area contributed by atoms with Gasteiger partial charge in [0.1, 0.15) is 11.9 Å². The Balaban J connectivity index is 2.29. The quantitative estimate of drug-likeness (QED) is 0.692. The largest absolute Gasteiger partial charge is 0.508 e. The Hall–Kier alpha value is -1.09. The summed E-state index contributed by atoms with van der Waals surface area (Å²) in [6, 6.07) is 6.55. The van der Waals surface area contributed by atoms with Crippen molar-refractivity contribution in [1.82, 2.24) is 5.32 Å². The normalized spacial score (nSPS) is 27.8. The van der Waals surface area contributed by atoms with Crippen LogP contribution in [0.1, 0.15) is 18.0 Å². The maximum Gasteiger partial charge on any atom is 0.121 e. The molecule has 3 heteroatoms. The molecule has 2 atom stereocenters. The van der Waals surface area contributed by atoms with E-state index in [0.29, 0.717) is 18.5 Å². The third-order valence-corrected chi connectivity index (χ3v) is 2.42. The van der Waals surface area contributed by atoms with Gasteiger partial charge >= 0.3 is 0 Å². The molecule has 0 bridgehead atoms. The van der Waals surface area contributed by atoms with Crippen LogP contribution in [-0.4, -0.2) is 17.8 Å². The number of alkyl halides is 1. The molecule has 0 saturated carbocycles. The zero-order valence-electron chi connectivity index (χ0n) is 7.20. The summed E-state index contributed by atoms with van der Waals surface area (Å²) in [5.74, 6) is 0.171. The molecule has 0 radical (unpaired) electrons. The monoisotopic (exact) mass is 181 g/mol. The highest BCUT2D eigenvalue weighted by molar-refractivity contribution is 5.35. The lowest BCUT2D eigenvalue weighted by atomic mass is 10.0. The van der Waals surface area contributed by atoms with E-state index in [9.17, 15) is 9.50 Å². The Labute approximate surface area is 76.4 Å². The Morgan fingerprint density at radius 1 is 1.38 bits per heavy atom. The fraction of sp³-hybridized carbons (Fsp3) is 0.400. The molecule has 1 aliphatic heterocycles. The molecule has 1 fully saturated rings. The fourth-order valence-corrected chi connectivity index (χ4v) is 1.73. The Kier molecular flexibility index (Phi) is 2.19. The predicted octanol–water partition coefficient (Wildman–Crippen LogP) is 1.76. The third kappa shape index (κ3) is 1.52. The van der Waals surface area contributed by atoms with E-state index in [4.69, 9.17) is 0 Å². The summed E-state index contributed by atoms with van der Waals surface area (Å²) in [5, 5.41) is 12.5. The number of phenols is 1. The van der Waals surface area contributed by atoms with Gasteiger partial charge in [-0.15, -0.1) is 0 Å². The molecule has 70 valence electrons. The summed E-state index contributed by atoms with van der Waals surface area (Å²) in [6.45, 7) is 0.681. The molecular weight excluding hydrogens is 169 g/mol. The van der Waals surface area contributed by atoms with Gasteiger partial charge < -0.3 is 10.4 Å². The van der Waals surface area contributed by atoms with Crippen molar-refractivity contribution in [2.75, 3.05) is 6.54 Å². The molecule has 0 spiro atoms. The minimum atomic E-state index is -0.881. The molecule has 1 aliphatic rings. The average Bonchev–Trinajstić information content (AvgIpc) is 2.52. The molecule has 1 aromatic carbocycles. The Morgan fingerprint density at radius 3 is 2.77 bits per heavy atom. The van der Waals surface area contributed by atoms with E-state index in [2.05, 4.69) is 5.32 Å². The maximum atomic E-state index is 13.3. The van der Waals surface area contributed by atoms with Crippen molar-refractivity contribution in [1.29, 1.82) is 0 Å². The van der Waals surface area contributed by atoms with Gasteiger partial charge in [0.25, 0.3) is 0 Å². The number of hydrogen-bond acceptors (Lipinski definition) is 2. The highest BCUT2D eigenvalue weighted by Gasteiger charge is 2.29. The summed E-state index contributed by atoms with van der Waals surface area (Å²) >= 11 is 0. The van der Waals surface area contributed by atoms with E-state index in [1.54, 1.807) is 18.2 Å². The highest BCUT2D eigenvalue weighted by atomic mass is 19.1. The Bertz CT molecular complexity index is 303. The number of rotatable bonds is 1. The van der Waals surface area contributed by atoms with Crippen LogP contribution in [0.15, 0.2) is 24.3 Å². The Morgan fingerprint density at radius 2 is 2.15 bits per heavy atom. The van der Waals surface area contributed by atoms with Crippen LogP contribution in [0, 0.1) is 0 Å². The molecule has 2 unspecified atom stereocenters. The van der Waals surface area contributed by atoms with E-state index < -0.39 is 6.17 Å². The van der Waals surface area contributed by atoms with Crippen LogP contribution < -0.4 is 5.32 Å². The smallest absolute Gasteiger partial charge is 0.121 e. The van der Waals surface area contributed by atoms with E-state index >= 15 is 0 Å². The maximum absolute atomic E-state index is 13.3. The SMILES string of the molecule is Oc1ccccc1C1NCCC1F. The number of aromatic hydroxyl groups is 1. The van der Waals surface area contributed by atoms with E-state index in [0.717, 1.165) is 0 Å². The summed E-state index contributed by atoms with van der Waals surface area (Å²) in [6.07, 6.45) is -0.354. The van der Waals surface area contributed by atoms with Crippen LogP contribution in [0.3, 0.4) is 0 Å². The van der Waals surface area contributed by atoms with Gasteiger partial charge in [-0.1, -0.05) is 18.2 Å². The van der Waals surface area contributed by atoms with E-state index in [1.807, 2.05) is 6.07 Å². The minimum absolute atomic E-state index is 0.171. The van der Waals surface area contributed by atoms with Crippen molar-refractivity contribution in [3.05, 3.63) is 29.8 Å². The number of benzene rings is 1. The molecule has 2 nitrogen and oxygen atoms in total. The lowest BCUT2D eigenvalue weighted by Crippen LogP contribution is -2.18. The van der Waals surface area contributed by atoms with Crippen LogP contribution in [0.4, 0.5) is 4.39 Å². The molecule has 0 amide bonds. The van der Waals surface area contributed by atoms with Crippen molar-refractivity contribution in [3.63, 3.8) is 0 Å². The van der Waals surface area contributed by atoms with Gasteiger partial charge in [0.05, 0.1) is 6.04 Å². The first kappa shape index (κ1) is 8.51. The molecule has 13 heavy (non-hydrogen) atoms. The van der Waals surface area contributed by atoms with Crippen molar-refractivity contribution in [3.8, 4) is 5.75 Å². The lowest BCUT2D eigenvalue weighted by Gasteiger charge is -2.14. The molecular formula is C10H12FNO.